The van der Waals surface area contributed by atoms with Crippen LogP contribution < -0.4 is 4.74 Å². The molecule has 0 saturated carbocycles. The van der Waals surface area contributed by atoms with E-state index in [4.69, 9.17) is 4.74 Å². The number of fused-ring (bicyclic) bond motifs is 1. The minimum absolute atomic E-state index is 0.312. The molecule has 0 N–H and O–H groups in total. The SMILES string of the molecule is FC(F)(F)c1ccc(OCc2cccc3ccccc23)cc1. The molecule has 0 aliphatic rings. The third kappa shape index (κ3) is 3.06. The largest absolute Gasteiger partial charge is 0.489 e. The van der Waals surface area contributed by atoms with Gasteiger partial charge in [-0.2, -0.15) is 13.2 Å². The normalized spacial score (nSPS) is 11.6. The van der Waals surface area contributed by atoms with Gasteiger partial charge in [0.2, 0.25) is 0 Å². The number of alkyl halides is 3. The average Bonchev–Trinajstić information content (AvgIpc) is 2.52. The first-order valence-electron chi connectivity index (χ1n) is 6.81. The lowest BCUT2D eigenvalue weighted by Gasteiger charge is -2.10. The molecule has 0 unspecified atom stereocenters. The standard InChI is InChI=1S/C18H13F3O/c19-18(20,21)15-8-10-16(11-9-15)22-12-14-6-3-5-13-4-1-2-7-17(13)14/h1-11H,12H2. The van der Waals surface area contributed by atoms with Crippen molar-refractivity contribution in [1.82, 2.24) is 0 Å². The van der Waals surface area contributed by atoms with E-state index in [0.717, 1.165) is 28.5 Å². The van der Waals surface area contributed by atoms with Gasteiger partial charge in [0.05, 0.1) is 5.56 Å². The highest BCUT2D eigenvalue weighted by molar-refractivity contribution is 5.85. The summed E-state index contributed by atoms with van der Waals surface area (Å²) in [6, 6.07) is 18.6. The summed E-state index contributed by atoms with van der Waals surface area (Å²) in [4.78, 5) is 0. The lowest BCUT2D eigenvalue weighted by Crippen LogP contribution is -2.04. The molecule has 0 radical (unpaired) electrons. The molecule has 4 heteroatoms. The van der Waals surface area contributed by atoms with Gasteiger partial charge in [-0.3, -0.25) is 0 Å². The summed E-state index contributed by atoms with van der Waals surface area (Å²) in [7, 11) is 0. The highest BCUT2D eigenvalue weighted by atomic mass is 19.4. The van der Waals surface area contributed by atoms with E-state index in [1.807, 2.05) is 42.5 Å². The van der Waals surface area contributed by atoms with E-state index in [0.29, 0.717) is 12.4 Å². The van der Waals surface area contributed by atoms with Gasteiger partial charge in [0.25, 0.3) is 0 Å². The third-order valence-electron chi connectivity index (χ3n) is 3.46. The summed E-state index contributed by atoms with van der Waals surface area (Å²) in [5.41, 5.74) is 0.322. The smallest absolute Gasteiger partial charge is 0.416 e. The maximum absolute atomic E-state index is 12.5. The van der Waals surface area contributed by atoms with E-state index >= 15 is 0 Å². The molecular weight excluding hydrogens is 289 g/mol. The summed E-state index contributed by atoms with van der Waals surface area (Å²) >= 11 is 0. The Bertz CT molecular complexity index is 771. The molecule has 0 amide bonds. The minimum atomic E-state index is -4.33. The maximum atomic E-state index is 12.5. The van der Waals surface area contributed by atoms with E-state index in [1.165, 1.54) is 12.1 Å². The van der Waals surface area contributed by atoms with E-state index in [1.54, 1.807) is 0 Å². The molecule has 0 aliphatic carbocycles. The number of hydrogen-bond donors (Lipinski definition) is 0. The second kappa shape index (κ2) is 5.72. The summed E-state index contributed by atoms with van der Waals surface area (Å²) in [6.45, 7) is 0.312. The molecule has 0 aromatic heterocycles. The highest BCUT2D eigenvalue weighted by Gasteiger charge is 2.29. The van der Waals surface area contributed by atoms with Crippen LogP contribution in [0.1, 0.15) is 11.1 Å². The van der Waals surface area contributed by atoms with Gasteiger partial charge in [0, 0.05) is 0 Å². The van der Waals surface area contributed by atoms with Gasteiger partial charge in [-0.1, -0.05) is 42.5 Å². The van der Waals surface area contributed by atoms with Gasteiger partial charge in [-0.25, -0.2) is 0 Å². The number of halogens is 3. The molecule has 0 bridgehead atoms. The monoisotopic (exact) mass is 302 g/mol. The summed E-state index contributed by atoms with van der Waals surface area (Å²) in [6.07, 6.45) is -4.33. The molecule has 22 heavy (non-hydrogen) atoms. The van der Waals surface area contributed by atoms with Crippen LogP contribution >= 0.6 is 0 Å². The summed E-state index contributed by atoms with van der Waals surface area (Å²) < 4.78 is 43.1. The quantitative estimate of drug-likeness (QED) is 0.626. The second-order valence-electron chi connectivity index (χ2n) is 4.95. The molecule has 3 rings (SSSR count). The average molecular weight is 302 g/mol. The van der Waals surface area contributed by atoms with Crippen LogP contribution in [-0.4, -0.2) is 0 Å². The number of hydrogen-bond acceptors (Lipinski definition) is 1. The Morgan fingerprint density at radius 3 is 2.18 bits per heavy atom. The van der Waals surface area contributed by atoms with E-state index in [2.05, 4.69) is 0 Å². The van der Waals surface area contributed by atoms with Crippen LogP contribution in [-0.2, 0) is 12.8 Å². The van der Waals surface area contributed by atoms with Crippen LogP contribution in [0.5, 0.6) is 5.75 Å². The first kappa shape index (κ1) is 14.4. The number of benzene rings is 3. The molecule has 0 atom stereocenters. The van der Waals surface area contributed by atoms with Crippen LogP contribution in [0, 0.1) is 0 Å². The lowest BCUT2D eigenvalue weighted by molar-refractivity contribution is -0.137. The van der Waals surface area contributed by atoms with Crippen molar-refractivity contribution in [2.75, 3.05) is 0 Å². The van der Waals surface area contributed by atoms with Crippen molar-refractivity contribution < 1.29 is 17.9 Å². The van der Waals surface area contributed by atoms with Crippen LogP contribution in [0.3, 0.4) is 0 Å². The van der Waals surface area contributed by atoms with Gasteiger partial charge in [-0.05, 0) is 40.6 Å². The Hall–Kier alpha value is -2.49. The Kier molecular flexibility index (Phi) is 3.75. The molecule has 1 nitrogen and oxygen atoms in total. The zero-order valence-corrected chi connectivity index (χ0v) is 11.6. The molecule has 0 heterocycles. The number of ether oxygens (including phenoxy) is 1. The summed E-state index contributed by atoms with van der Waals surface area (Å²) in [5, 5.41) is 2.19. The van der Waals surface area contributed by atoms with Crippen molar-refractivity contribution in [2.45, 2.75) is 12.8 Å². The molecule has 0 fully saturated rings. The Balaban J connectivity index is 1.77. The summed E-state index contributed by atoms with van der Waals surface area (Å²) in [5.74, 6) is 0.418. The van der Waals surface area contributed by atoms with Gasteiger partial charge in [0.15, 0.2) is 0 Å². The fraction of sp³-hybridized carbons (Fsp3) is 0.111. The van der Waals surface area contributed by atoms with Crippen molar-refractivity contribution in [1.29, 1.82) is 0 Å². The molecule has 0 aliphatic heterocycles. The zero-order chi connectivity index (χ0) is 15.6. The Morgan fingerprint density at radius 2 is 1.45 bits per heavy atom. The Labute approximate surface area is 126 Å². The highest BCUT2D eigenvalue weighted by Crippen LogP contribution is 2.30. The first-order valence-corrected chi connectivity index (χ1v) is 6.81. The van der Waals surface area contributed by atoms with Gasteiger partial charge in [0.1, 0.15) is 12.4 Å². The van der Waals surface area contributed by atoms with Crippen molar-refractivity contribution in [2.24, 2.45) is 0 Å². The van der Waals surface area contributed by atoms with E-state index < -0.39 is 11.7 Å². The van der Waals surface area contributed by atoms with Gasteiger partial charge < -0.3 is 4.74 Å². The van der Waals surface area contributed by atoms with Crippen molar-refractivity contribution in [3.05, 3.63) is 77.9 Å². The van der Waals surface area contributed by atoms with Crippen LogP contribution in [0.4, 0.5) is 13.2 Å². The van der Waals surface area contributed by atoms with E-state index in [-0.39, 0.29) is 0 Å². The fourth-order valence-electron chi connectivity index (χ4n) is 2.32. The van der Waals surface area contributed by atoms with Crippen molar-refractivity contribution >= 4 is 10.8 Å². The van der Waals surface area contributed by atoms with Gasteiger partial charge in [-0.15, -0.1) is 0 Å². The van der Waals surface area contributed by atoms with Gasteiger partial charge >= 0.3 is 6.18 Å². The molecule has 3 aromatic rings. The molecule has 112 valence electrons. The fourth-order valence-corrected chi connectivity index (χ4v) is 2.32. The predicted molar refractivity (Wildman–Crippen MR) is 79.7 cm³/mol. The van der Waals surface area contributed by atoms with Crippen molar-refractivity contribution in [3.63, 3.8) is 0 Å². The first-order chi connectivity index (χ1) is 10.5. The lowest BCUT2D eigenvalue weighted by atomic mass is 10.1. The topological polar surface area (TPSA) is 9.23 Å². The predicted octanol–water partition coefficient (Wildman–Crippen LogP) is 5.44. The van der Waals surface area contributed by atoms with Crippen LogP contribution in [0.25, 0.3) is 10.8 Å². The third-order valence-corrected chi connectivity index (χ3v) is 3.46. The minimum Gasteiger partial charge on any atom is -0.489 e. The van der Waals surface area contributed by atoms with E-state index in [9.17, 15) is 13.2 Å². The van der Waals surface area contributed by atoms with Crippen LogP contribution in [0.2, 0.25) is 0 Å². The van der Waals surface area contributed by atoms with Crippen LogP contribution in [0.15, 0.2) is 66.7 Å². The Morgan fingerprint density at radius 1 is 0.773 bits per heavy atom. The van der Waals surface area contributed by atoms with Crippen molar-refractivity contribution in [3.8, 4) is 5.75 Å². The number of rotatable bonds is 3. The zero-order valence-electron chi connectivity index (χ0n) is 11.6. The molecule has 3 aromatic carbocycles. The second-order valence-corrected chi connectivity index (χ2v) is 4.95. The molecular formula is C18H13F3O. The maximum Gasteiger partial charge on any atom is 0.416 e. The molecule has 0 spiro atoms. The molecule has 0 saturated heterocycles.